The predicted molar refractivity (Wildman–Crippen MR) is 116 cm³/mol. The van der Waals surface area contributed by atoms with Crippen molar-refractivity contribution in [1.29, 1.82) is 0 Å². The van der Waals surface area contributed by atoms with E-state index in [1.165, 1.54) is 12.1 Å². The smallest absolute Gasteiger partial charge is 0.243 e. The van der Waals surface area contributed by atoms with Crippen LogP contribution in [-0.4, -0.2) is 48.8 Å². The first-order chi connectivity index (χ1) is 14.4. The van der Waals surface area contributed by atoms with E-state index >= 15 is 0 Å². The second kappa shape index (κ2) is 12.0. The van der Waals surface area contributed by atoms with E-state index in [0.717, 1.165) is 10.0 Å². The van der Waals surface area contributed by atoms with Gasteiger partial charge in [-0.2, -0.15) is 0 Å². The number of likely N-dealkylation sites (N-methyl/N-ethyl adjacent to an activating group) is 1. The third-order valence-corrected chi connectivity index (χ3v) is 4.87. The first-order valence-corrected chi connectivity index (χ1v) is 10.2. The molecule has 30 heavy (non-hydrogen) atoms. The second-order valence-corrected chi connectivity index (χ2v) is 7.37. The van der Waals surface area contributed by atoms with Crippen molar-refractivity contribution in [3.63, 3.8) is 0 Å². The quantitative estimate of drug-likeness (QED) is 0.488. The number of amides is 3. The van der Waals surface area contributed by atoms with Crippen LogP contribution in [0.15, 0.2) is 53.0 Å². The van der Waals surface area contributed by atoms with Gasteiger partial charge in [-0.3, -0.25) is 19.3 Å². The van der Waals surface area contributed by atoms with E-state index < -0.39 is 0 Å². The van der Waals surface area contributed by atoms with Crippen LogP contribution in [0.3, 0.4) is 0 Å². The number of rotatable bonds is 10. The number of nitrogens with zero attached hydrogens (tertiary/aromatic N) is 1. The highest BCUT2D eigenvalue weighted by Gasteiger charge is 2.14. The van der Waals surface area contributed by atoms with E-state index in [4.69, 9.17) is 0 Å². The molecule has 0 spiro atoms. The third kappa shape index (κ3) is 8.30. The minimum atomic E-state index is -0.356. The van der Waals surface area contributed by atoms with Crippen LogP contribution in [0.1, 0.15) is 12.5 Å². The topological polar surface area (TPSA) is 90.5 Å². The first kappa shape index (κ1) is 23.5. The second-order valence-electron chi connectivity index (χ2n) is 6.51. The van der Waals surface area contributed by atoms with Crippen molar-refractivity contribution in [3.8, 4) is 0 Å². The number of hydrogen-bond acceptors (Lipinski definition) is 4. The van der Waals surface area contributed by atoms with Crippen LogP contribution in [0.25, 0.3) is 0 Å². The molecule has 7 nitrogen and oxygen atoms in total. The van der Waals surface area contributed by atoms with Crippen LogP contribution >= 0.6 is 15.9 Å². The Balaban J connectivity index is 1.71. The molecule has 9 heteroatoms. The van der Waals surface area contributed by atoms with Crippen molar-refractivity contribution in [3.05, 3.63) is 64.4 Å². The minimum Gasteiger partial charge on any atom is -0.351 e. The number of nitrogens with one attached hydrogen (secondary N) is 3. The molecule has 0 saturated carbocycles. The molecule has 3 amide bonds. The SMILES string of the molecule is CCN(CC(=O)NCC(=O)Nc1ccccc1Br)CC(=O)NCc1ccc(F)cc1. The number of halogens is 2. The van der Waals surface area contributed by atoms with Gasteiger partial charge in [0.2, 0.25) is 17.7 Å². The molecular weight excluding hydrogens is 455 g/mol. The molecule has 0 unspecified atom stereocenters. The van der Waals surface area contributed by atoms with Crippen LogP contribution in [0.4, 0.5) is 10.1 Å². The van der Waals surface area contributed by atoms with Gasteiger partial charge in [-0.25, -0.2) is 4.39 Å². The molecular formula is C21H24BrFN4O3. The molecule has 0 saturated heterocycles. The fourth-order valence-corrected chi connectivity index (χ4v) is 2.92. The molecule has 0 aromatic heterocycles. The number of anilines is 1. The molecule has 0 aliphatic heterocycles. The van der Waals surface area contributed by atoms with Crippen LogP contribution in [-0.2, 0) is 20.9 Å². The molecule has 0 radical (unpaired) electrons. The van der Waals surface area contributed by atoms with Crippen molar-refractivity contribution in [1.82, 2.24) is 15.5 Å². The van der Waals surface area contributed by atoms with Gasteiger partial charge in [-0.15, -0.1) is 0 Å². The lowest BCUT2D eigenvalue weighted by atomic mass is 10.2. The Hall–Kier alpha value is -2.78. The van der Waals surface area contributed by atoms with Crippen molar-refractivity contribution >= 4 is 39.3 Å². The van der Waals surface area contributed by atoms with E-state index in [9.17, 15) is 18.8 Å². The Kier molecular flexibility index (Phi) is 9.43. The monoisotopic (exact) mass is 478 g/mol. The van der Waals surface area contributed by atoms with Crippen LogP contribution in [0, 0.1) is 5.82 Å². The predicted octanol–water partition coefficient (Wildman–Crippen LogP) is 2.28. The van der Waals surface area contributed by atoms with Gasteiger partial charge < -0.3 is 16.0 Å². The molecule has 0 aliphatic carbocycles. The summed E-state index contributed by atoms with van der Waals surface area (Å²) >= 11 is 3.34. The van der Waals surface area contributed by atoms with Gasteiger partial charge in [-0.05, 0) is 52.3 Å². The van der Waals surface area contributed by atoms with E-state index in [-0.39, 0.29) is 49.7 Å². The molecule has 0 atom stereocenters. The lowest BCUT2D eigenvalue weighted by Gasteiger charge is -2.19. The van der Waals surface area contributed by atoms with E-state index in [1.807, 2.05) is 13.0 Å². The standard InChI is InChI=1S/C21H24BrFN4O3/c1-2-27(13-20(29)24-11-15-7-9-16(23)10-8-15)14-21(30)25-12-19(28)26-18-6-4-3-5-17(18)22/h3-10H,2,11-14H2,1H3,(H,24,29)(H,25,30)(H,26,28). The summed E-state index contributed by atoms with van der Waals surface area (Å²) in [6.45, 7) is 2.45. The lowest BCUT2D eigenvalue weighted by molar-refractivity contribution is -0.126. The summed E-state index contributed by atoms with van der Waals surface area (Å²) in [6, 6.07) is 13.0. The molecule has 0 aliphatic rings. The zero-order chi connectivity index (χ0) is 21.9. The highest BCUT2D eigenvalue weighted by Crippen LogP contribution is 2.20. The van der Waals surface area contributed by atoms with Crippen molar-refractivity contribution < 1.29 is 18.8 Å². The summed E-state index contributed by atoms with van der Waals surface area (Å²) in [4.78, 5) is 37.9. The van der Waals surface area contributed by atoms with Gasteiger partial charge in [0.25, 0.3) is 0 Å². The maximum Gasteiger partial charge on any atom is 0.243 e. The number of carbonyl (C=O) groups excluding carboxylic acids is 3. The van der Waals surface area contributed by atoms with Crippen LogP contribution in [0.5, 0.6) is 0 Å². The lowest BCUT2D eigenvalue weighted by Crippen LogP contribution is -2.44. The number of benzene rings is 2. The highest BCUT2D eigenvalue weighted by molar-refractivity contribution is 9.10. The molecule has 0 fully saturated rings. The molecule has 2 rings (SSSR count). The van der Waals surface area contributed by atoms with E-state index in [1.54, 1.807) is 35.2 Å². The Morgan fingerprint density at radius 2 is 1.57 bits per heavy atom. The van der Waals surface area contributed by atoms with Gasteiger partial charge in [0.05, 0.1) is 25.3 Å². The Morgan fingerprint density at radius 1 is 0.933 bits per heavy atom. The molecule has 0 heterocycles. The van der Waals surface area contributed by atoms with Crippen molar-refractivity contribution in [2.75, 3.05) is 31.5 Å². The fourth-order valence-electron chi connectivity index (χ4n) is 2.54. The summed E-state index contributed by atoms with van der Waals surface area (Å²) in [6.07, 6.45) is 0. The molecule has 2 aromatic carbocycles. The Bertz CT molecular complexity index is 877. The molecule has 160 valence electrons. The van der Waals surface area contributed by atoms with Crippen molar-refractivity contribution in [2.45, 2.75) is 13.5 Å². The number of carbonyl (C=O) groups is 3. The largest absolute Gasteiger partial charge is 0.351 e. The maximum absolute atomic E-state index is 12.9. The fraction of sp³-hybridized carbons (Fsp3) is 0.286. The van der Waals surface area contributed by atoms with Gasteiger partial charge >= 0.3 is 0 Å². The van der Waals surface area contributed by atoms with Crippen LogP contribution < -0.4 is 16.0 Å². The number of para-hydroxylation sites is 1. The summed E-state index contributed by atoms with van der Waals surface area (Å²) in [5.74, 6) is -1.29. The van der Waals surface area contributed by atoms with Gasteiger partial charge in [0.15, 0.2) is 0 Å². The Morgan fingerprint density at radius 3 is 2.20 bits per heavy atom. The maximum atomic E-state index is 12.9. The van der Waals surface area contributed by atoms with E-state index in [0.29, 0.717) is 12.2 Å². The minimum absolute atomic E-state index is 0.0111. The van der Waals surface area contributed by atoms with Gasteiger partial charge in [0.1, 0.15) is 5.82 Å². The average molecular weight is 479 g/mol. The molecule has 0 bridgehead atoms. The van der Waals surface area contributed by atoms with Crippen molar-refractivity contribution in [2.24, 2.45) is 0 Å². The molecule has 2 aromatic rings. The summed E-state index contributed by atoms with van der Waals surface area (Å²) in [5.41, 5.74) is 1.39. The van der Waals surface area contributed by atoms with E-state index in [2.05, 4.69) is 31.9 Å². The first-order valence-electron chi connectivity index (χ1n) is 9.42. The molecule has 3 N–H and O–H groups in total. The normalized spacial score (nSPS) is 10.5. The summed E-state index contributed by atoms with van der Waals surface area (Å²) < 4.78 is 13.6. The third-order valence-electron chi connectivity index (χ3n) is 4.18. The van der Waals surface area contributed by atoms with Gasteiger partial charge in [0, 0.05) is 11.0 Å². The zero-order valence-electron chi connectivity index (χ0n) is 16.6. The van der Waals surface area contributed by atoms with Crippen LogP contribution in [0.2, 0.25) is 0 Å². The average Bonchev–Trinajstić information content (AvgIpc) is 2.73. The highest BCUT2D eigenvalue weighted by atomic mass is 79.9. The van der Waals surface area contributed by atoms with Gasteiger partial charge in [-0.1, -0.05) is 31.2 Å². The Labute approximate surface area is 183 Å². The summed E-state index contributed by atoms with van der Waals surface area (Å²) in [7, 11) is 0. The number of hydrogen-bond donors (Lipinski definition) is 3. The summed E-state index contributed by atoms with van der Waals surface area (Å²) in [5, 5.41) is 7.98. The zero-order valence-corrected chi connectivity index (χ0v) is 18.2.